The first-order valence-corrected chi connectivity index (χ1v) is 42.8. The number of pyridine rings is 2. The summed E-state index contributed by atoms with van der Waals surface area (Å²) in [4.78, 5) is 27.6. The Morgan fingerprint density at radius 1 is 0.281 bits per heavy atom. The maximum absolute atomic E-state index is 5.43. The Hall–Kier alpha value is -12.2. The summed E-state index contributed by atoms with van der Waals surface area (Å²) in [5, 5.41) is 7.27. The summed E-state index contributed by atoms with van der Waals surface area (Å²) in [6.07, 6.45) is 23.7. The number of hydrogen-bond donors (Lipinski definition) is 2. The maximum atomic E-state index is 5.43. The van der Waals surface area contributed by atoms with Crippen LogP contribution in [0.25, 0.3) is 66.1 Å². The zero-order valence-corrected chi connectivity index (χ0v) is 75.5. The molecule has 0 bridgehead atoms. The molecule has 626 valence electrons. The molecule has 10 heterocycles. The highest BCUT2D eigenvalue weighted by Gasteiger charge is 2.18. The van der Waals surface area contributed by atoms with Gasteiger partial charge in [0.05, 0.1) is 43.0 Å². The van der Waals surface area contributed by atoms with Gasteiger partial charge in [0.2, 0.25) is 0 Å². The normalized spacial score (nSPS) is 12.6. The van der Waals surface area contributed by atoms with Gasteiger partial charge in [0.25, 0.3) is 0 Å². The van der Waals surface area contributed by atoms with E-state index < -0.39 is 0 Å². The van der Waals surface area contributed by atoms with E-state index in [9.17, 15) is 0 Å². The third-order valence-electron chi connectivity index (χ3n) is 24.4. The molecule has 3 aliphatic carbocycles. The molecule has 0 radical (unpaired) electrons. The van der Waals surface area contributed by atoms with Crippen molar-refractivity contribution in [1.29, 1.82) is 0 Å². The second-order valence-electron chi connectivity index (χ2n) is 33.6. The summed E-state index contributed by atoms with van der Waals surface area (Å²) in [7, 11) is 0. The Balaban J connectivity index is 0.000000122. The van der Waals surface area contributed by atoms with Gasteiger partial charge in [0.15, 0.2) is 29.5 Å². The predicted molar refractivity (Wildman–Crippen MR) is 499 cm³/mol. The van der Waals surface area contributed by atoms with Gasteiger partial charge in [0.1, 0.15) is 28.1 Å². The number of aromatic amines is 2. The molecule has 0 spiro atoms. The molecule has 0 amide bonds. The maximum Gasteiger partial charge on any atom is 0.181 e. The Morgan fingerprint density at radius 2 is 0.661 bits per heavy atom. The quantitative estimate of drug-likeness (QED) is 0.147. The number of H-pyrrole nitrogens is 2. The van der Waals surface area contributed by atoms with Crippen LogP contribution in [0.5, 0.6) is 11.5 Å². The van der Waals surface area contributed by atoms with Crippen molar-refractivity contribution in [2.24, 2.45) is 0 Å². The second-order valence-corrected chi connectivity index (χ2v) is 33.6. The van der Waals surface area contributed by atoms with E-state index in [0.717, 1.165) is 87.3 Å². The molecule has 0 saturated heterocycles. The Morgan fingerprint density at radius 3 is 1.17 bits per heavy atom. The molecule has 0 unspecified atom stereocenters. The molecule has 14 heteroatoms. The van der Waals surface area contributed by atoms with E-state index >= 15 is 0 Å². The molecule has 0 fully saturated rings. The highest BCUT2D eigenvalue weighted by molar-refractivity contribution is 5.82. The lowest BCUT2D eigenvalue weighted by Crippen LogP contribution is -1.93. The SMILES string of the molecule is Cc1cc2c(cc1C)CCC2.Cc1cc2c(cc1C)OCC2.Cc1cc2c(cc1C)OCC2.Cc1cc2c(nc1C)CCC2.Cc1cc2c(nc1C)CCC2.Cc1cc2cc[nH]c2cc1C.Cc1cc2ccoc2cc1C.Cc1cc2cnoc2cc1C.Cc1cc2nc[nH]c2cc1C.Cc1cc2ncoc2cc1C.Cc1cc2ncoc2cc1C. The number of rotatable bonds is 0. The van der Waals surface area contributed by atoms with Crippen molar-refractivity contribution in [3.63, 3.8) is 0 Å². The van der Waals surface area contributed by atoms with Crippen molar-refractivity contribution in [2.75, 3.05) is 13.2 Å². The molecule has 22 rings (SSSR count). The average molecular weight is 1620 g/mol. The van der Waals surface area contributed by atoms with Crippen LogP contribution in [0.15, 0.2) is 189 Å². The van der Waals surface area contributed by atoms with Crippen molar-refractivity contribution in [3.05, 3.63) is 339 Å². The molecule has 14 nitrogen and oxygen atoms in total. The topological polar surface area (TPSA) is 180 Å². The van der Waals surface area contributed by atoms with Gasteiger partial charge < -0.3 is 37.2 Å². The van der Waals surface area contributed by atoms with Crippen molar-refractivity contribution in [2.45, 2.75) is 223 Å². The molecule has 0 atom stereocenters. The van der Waals surface area contributed by atoms with Crippen LogP contribution < -0.4 is 9.47 Å². The van der Waals surface area contributed by atoms with Crippen molar-refractivity contribution in [3.8, 4) is 11.5 Å². The van der Waals surface area contributed by atoms with E-state index in [-0.39, 0.29) is 0 Å². The molecular weight excluding hydrogens is 1490 g/mol. The molecule has 17 aromatic rings. The fourth-order valence-electron chi connectivity index (χ4n) is 15.2. The molecule has 2 aliphatic heterocycles. The number of hydrogen-bond acceptors (Lipinski definition) is 12. The average Bonchev–Trinajstić information content (AvgIpc) is 1.68. The first kappa shape index (κ1) is 88.1. The highest BCUT2D eigenvalue weighted by Crippen LogP contribution is 2.32. The molecule has 0 saturated carbocycles. The molecule has 5 aliphatic rings. The van der Waals surface area contributed by atoms with Gasteiger partial charge in [-0.15, -0.1) is 0 Å². The molecule has 2 N–H and O–H groups in total. The molecular formula is C107H122N8O6. The van der Waals surface area contributed by atoms with Gasteiger partial charge >= 0.3 is 0 Å². The zero-order valence-electron chi connectivity index (χ0n) is 75.5. The van der Waals surface area contributed by atoms with Crippen LogP contribution in [0.2, 0.25) is 0 Å². The van der Waals surface area contributed by atoms with Crippen LogP contribution in [0.4, 0.5) is 0 Å². The number of nitrogens with zero attached hydrogens (tertiary/aromatic N) is 6. The summed E-state index contributed by atoms with van der Waals surface area (Å²) in [5.41, 5.74) is 49.2. The summed E-state index contributed by atoms with van der Waals surface area (Å²) < 4.78 is 31.4. The Kier molecular flexibility index (Phi) is 29.3. The van der Waals surface area contributed by atoms with Crippen molar-refractivity contribution >= 4 is 66.1 Å². The van der Waals surface area contributed by atoms with E-state index in [1.165, 1.54) is 243 Å². The third-order valence-corrected chi connectivity index (χ3v) is 24.4. The highest BCUT2D eigenvalue weighted by atomic mass is 16.5. The minimum atomic E-state index is 0.859. The van der Waals surface area contributed by atoms with E-state index in [2.05, 4.69) is 289 Å². The van der Waals surface area contributed by atoms with E-state index in [0.29, 0.717) is 0 Å². The summed E-state index contributed by atoms with van der Waals surface area (Å²) in [6.45, 7) is 48.2. The summed E-state index contributed by atoms with van der Waals surface area (Å²) >= 11 is 0. The lowest BCUT2D eigenvalue weighted by Gasteiger charge is -2.03. The monoisotopic (exact) mass is 1610 g/mol. The van der Waals surface area contributed by atoms with Gasteiger partial charge in [0, 0.05) is 58.1 Å². The van der Waals surface area contributed by atoms with Crippen LogP contribution >= 0.6 is 0 Å². The number of fused-ring (bicyclic) bond motifs is 11. The fourth-order valence-corrected chi connectivity index (χ4v) is 15.2. The smallest absolute Gasteiger partial charge is 0.181 e. The third kappa shape index (κ3) is 22.9. The van der Waals surface area contributed by atoms with Gasteiger partial charge in [-0.1, -0.05) is 41.6 Å². The van der Waals surface area contributed by atoms with Gasteiger partial charge in [-0.05, 0) is 457 Å². The number of aryl methyl sites for hydroxylation is 28. The lowest BCUT2D eigenvalue weighted by atomic mass is 10.0. The molecule has 8 aromatic heterocycles. The minimum absolute atomic E-state index is 0.859. The van der Waals surface area contributed by atoms with Crippen LogP contribution in [0.3, 0.4) is 0 Å². The van der Waals surface area contributed by atoms with E-state index in [1.54, 1.807) is 29.9 Å². The number of ether oxygens (including phenoxy) is 2. The Bertz CT molecular complexity index is 5130. The minimum Gasteiger partial charge on any atom is -0.493 e. The van der Waals surface area contributed by atoms with Gasteiger partial charge in [-0.25, -0.2) is 15.0 Å². The standard InChI is InChI=1S/C11H14.C10H11N.2C10H13N.2C10H12O.C10H10O.C9H10N2.3C9H9NO/c1-8-6-10-4-3-5-11(10)7-9(8)2;1-7-5-9-3-4-11-10(9)6-8(7)2;2*1-7-6-9-4-3-5-10(9)11-8(7)2;3*1-7-5-9-3-4-11-10(9)6-8(7)2;3*1-6-3-8-9(4-7(6)2)11-5-10-8;1-6-3-8-5-10-11-9(8)4-7(6)2/h6-7H,3-5H2,1-2H3;3-6,11H,1-2H3;2*6H,3-5H2,1-2H3;2*5-6H,3-4H2,1-2H3;3-6H,1-2H3;3-5H,1-2H3,(H,10,11);3*3-5H,1-2H3. The second kappa shape index (κ2) is 40.3. The number of oxazole rings is 2. The largest absolute Gasteiger partial charge is 0.493 e. The number of aromatic nitrogens is 8. The van der Waals surface area contributed by atoms with E-state index in [4.69, 9.17) is 27.2 Å². The van der Waals surface area contributed by atoms with Crippen molar-refractivity contribution < 1.29 is 27.2 Å². The lowest BCUT2D eigenvalue weighted by molar-refractivity contribution is 0.356. The van der Waals surface area contributed by atoms with Crippen molar-refractivity contribution in [1.82, 2.24) is 40.0 Å². The number of nitrogens with one attached hydrogen (secondary N) is 2. The van der Waals surface area contributed by atoms with Gasteiger partial charge in [-0.2, -0.15) is 0 Å². The number of imidazole rings is 1. The summed E-state index contributed by atoms with van der Waals surface area (Å²) in [5.74, 6) is 2.18. The van der Waals surface area contributed by atoms with E-state index in [1.807, 2.05) is 42.6 Å². The van der Waals surface area contributed by atoms with Gasteiger partial charge in [-0.3, -0.25) is 9.97 Å². The van der Waals surface area contributed by atoms with Crippen LogP contribution in [0, 0.1) is 152 Å². The predicted octanol–water partition coefficient (Wildman–Crippen LogP) is 27.0. The molecule has 9 aromatic carbocycles. The fraction of sp³-hybridized carbons (Fsp3) is 0.327. The first-order valence-electron chi connectivity index (χ1n) is 42.8. The number of benzene rings is 9. The Labute approximate surface area is 715 Å². The first-order chi connectivity index (χ1) is 58.0. The number of furan rings is 1. The summed E-state index contributed by atoms with van der Waals surface area (Å²) in [6, 6.07) is 47.2. The molecule has 121 heavy (non-hydrogen) atoms. The van der Waals surface area contributed by atoms with Crippen LogP contribution in [-0.2, 0) is 51.4 Å². The van der Waals surface area contributed by atoms with Crippen LogP contribution in [0.1, 0.15) is 187 Å². The zero-order chi connectivity index (χ0) is 86.3. The van der Waals surface area contributed by atoms with Crippen LogP contribution in [-0.4, -0.2) is 53.3 Å².